The van der Waals surface area contributed by atoms with E-state index in [4.69, 9.17) is 18.9 Å². The third-order valence-electron chi connectivity index (χ3n) is 9.00. The van der Waals surface area contributed by atoms with Crippen molar-refractivity contribution in [3.63, 3.8) is 0 Å². The minimum atomic E-state index is -0.471. The Labute approximate surface area is 327 Å². The zero-order valence-corrected chi connectivity index (χ0v) is 33.0. The van der Waals surface area contributed by atoms with Crippen molar-refractivity contribution in [3.8, 4) is 28.7 Å². The summed E-state index contributed by atoms with van der Waals surface area (Å²) in [5.41, 5.74) is 2.86. The molecule has 9 heteroatoms. The zero-order valence-electron chi connectivity index (χ0n) is 33.0. The van der Waals surface area contributed by atoms with Crippen LogP contribution in [0.3, 0.4) is 0 Å². The normalized spacial score (nSPS) is 11.3. The second-order valence-electron chi connectivity index (χ2n) is 13.7. The summed E-state index contributed by atoms with van der Waals surface area (Å²) in [6.07, 6.45) is 18.3. The largest absolute Gasteiger partial charge is 0.507 e. The molecule has 0 amide bonds. The van der Waals surface area contributed by atoms with Gasteiger partial charge in [0.1, 0.15) is 28.7 Å². The fourth-order valence-electron chi connectivity index (χ4n) is 5.63. The summed E-state index contributed by atoms with van der Waals surface area (Å²) >= 11 is 0. The van der Waals surface area contributed by atoms with Crippen molar-refractivity contribution in [2.75, 3.05) is 19.8 Å². The monoisotopic (exact) mass is 749 g/mol. The molecule has 4 rings (SSSR count). The molecular weight excluding hydrogens is 691 g/mol. The average molecular weight is 750 g/mol. The van der Waals surface area contributed by atoms with E-state index < -0.39 is 5.97 Å². The second kappa shape index (κ2) is 25.0. The third kappa shape index (κ3) is 16.0. The molecule has 0 saturated carbocycles. The zero-order chi connectivity index (χ0) is 38.9. The Hall–Kier alpha value is -5.18. The first kappa shape index (κ1) is 42.6. The Balaban J connectivity index is 1.27. The number of esters is 1. The van der Waals surface area contributed by atoms with Crippen molar-refractivity contribution < 1.29 is 28.8 Å². The van der Waals surface area contributed by atoms with Crippen LogP contribution in [-0.4, -0.2) is 37.1 Å². The smallest absolute Gasteiger partial charge is 0.343 e. The van der Waals surface area contributed by atoms with Gasteiger partial charge in [-0.15, -0.1) is 5.11 Å². The van der Waals surface area contributed by atoms with E-state index in [1.165, 1.54) is 57.8 Å². The summed E-state index contributed by atoms with van der Waals surface area (Å²) in [4.78, 5) is 17.5. The van der Waals surface area contributed by atoms with Crippen LogP contribution in [0, 0.1) is 0 Å². The Morgan fingerprint density at radius 1 is 0.564 bits per heavy atom. The van der Waals surface area contributed by atoms with Gasteiger partial charge in [-0.25, -0.2) is 4.79 Å². The lowest BCUT2D eigenvalue weighted by molar-refractivity contribution is 0.0734. The Kier molecular flexibility index (Phi) is 19.3. The highest BCUT2D eigenvalue weighted by atomic mass is 16.5. The lowest BCUT2D eigenvalue weighted by Gasteiger charge is -2.11. The fourth-order valence-corrected chi connectivity index (χ4v) is 5.63. The van der Waals surface area contributed by atoms with Gasteiger partial charge in [-0.3, -0.25) is 4.99 Å². The molecule has 4 aromatic rings. The Bertz CT molecular complexity index is 1750. The van der Waals surface area contributed by atoms with E-state index in [0.717, 1.165) is 37.9 Å². The number of ether oxygens (including phenoxy) is 4. The summed E-state index contributed by atoms with van der Waals surface area (Å²) in [6.45, 7) is 8.23. The molecule has 294 valence electrons. The highest BCUT2D eigenvalue weighted by molar-refractivity contribution is 5.91. The number of rotatable bonds is 26. The molecule has 4 aromatic carbocycles. The molecule has 1 N–H and O–H groups in total. The first-order valence-corrected chi connectivity index (χ1v) is 20.2. The van der Waals surface area contributed by atoms with Gasteiger partial charge < -0.3 is 24.1 Å². The minimum Gasteiger partial charge on any atom is -0.507 e. The molecule has 0 unspecified atom stereocenters. The van der Waals surface area contributed by atoms with Crippen LogP contribution in [-0.2, 0) is 0 Å². The predicted octanol–water partition coefficient (Wildman–Crippen LogP) is 13.4. The highest BCUT2D eigenvalue weighted by Crippen LogP contribution is 2.34. The van der Waals surface area contributed by atoms with Crippen molar-refractivity contribution in [2.24, 2.45) is 15.2 Å². The molecule has 0 aromatic heterocycles. The minimum absolute atomic E-state index is 0.106. The topological polar surface area (TPSA) is 111 Å². The summed E-state index contributed by atoms with van der Waals surface area (Å²) < 4.78 is 23.3. The maximum absolute atomic E-state index is 13.0. The van der Waals surface area contributed by atoms with Gasteiger partial charge in [0.25, 0.3) is 0 Å². The molecule has 0 aliphatic heterocycles. The molecule has 0 bridgehead atoms. The van der Waals surface area contributed by atoms with Gasteiger partial charge in [0.2, 0.25) is 0 Å². The molecule has 0 heterocycles. The van der Waals surface area contributed by atoms with Crippen LogP contribution in [0.2, 0.25) is 0 Å². The lowest BCUT2D eigenvalue weighted by atomic mass is 10.1. The number of aliphatic imine (C=N–C) groups is 1. The number of nitrogens with zero attached hydrogens (tertiary/aromatic N) is 3. The quantitative estimate of drug-likeness (QED) is 0.0225. The standard InChI is InChI=1S/C46H59N3O6/c1-4-7-10-11-12-13-14-15-16-17-32-52-40-25-18-36(19-26-40)46(51)55-42-28-29-43(45(34-42)54-31-9-6-3)49-48-39-23-21-38(22-24-39)47-35-37-20-27-41(33-44(37)50)53-30-8-5-2/h18-29,33-35,50H,4-17,30-32H2,1-3H3. The number of phenolic OH excluding ortho intramolecular Hbond substituents is 1. The van der Waals surface area contributed by atoms with Gasteiger partial charge in [0.15, 0.2) is 5.75 Å². The van der Waals surface area contributed by atoms with Crippen LogP contribution in [0.15, 0.2) is 100 Å². The summed E-state index contributed by atoms with van der Waals surface area (Å²) in [6, 6.07) is 24.6. The van der Waals surface area contributed by atoms with Crippen molar-refractivity contribution in [3.05, 3.63) is 96.1 Å². The highest BCUT2D eigenvalue weighted by Gasteiger charge is 2.13. The van der Waals surface area contributed by atoms with Crippen LogP contribution in [0.5, 0.6) is 28.7 Å². The third-order valence-corrected chi connectivity index (χ3v) is 9.00. The molecule has 0 fully saturated rings. The number of phenols is 1. The molecule has 9 nitrogen and oxygen atoms in total. The van der Waals surface area contributed by atoms with Crippen LogP contribution >= 0.6 is 0 Å². The Morgan fingerprint density at radius 2 is 1.13 bits per heavy atom. The van der Waals surface area contributed by atoms with Gasteiger partial charge in [0, 0.05) is 23.9 Å². The van der Waals surface area contributed by atoms with E-state index in [1.54, 1.807) is 48.7 Å². The van der Waals surface area contributed by atoms with Crippen LogP contribution in [0.4, 0.5) is 17.1 Å². The molecule has 0 aliphatic rings. The molecule has 0 radical (unpaired) electrons. The number of hydrogen-bond donors (Lipinski definition) is 1. The number of carbonyl (C=O) groups excluding carboxylic acids is 1. The summed E-state index contributed by atoms with van der Waals surface area (Å²) in [7, 11) is 0. The van der Waals surface area contributed by atoms with Gasteiger partial charge in [-0.05, 0) is 92.1 Å². The van der Waals surface area contributed by atoms with Crippen molar-refractivity contribution in [1.82, 2.24) is 0 Å². The van der Waals surface area contributed by atoms with Crippen molar-refractivity contribution in [1.29, 1.82) is 0 Å². The number of hydrogen-bond acceptors (Lipinski definition) is 9. The Morgan fingerprint density at radius 3 is 1.80 bits per heavy atom. The first-order valence-electron chi connectivity index (χ1n) is 20.2. The molecule has 0 atom stereocenters. The number of unbranched alkanes of at least 4 members (excludes halogenated alkanes) is 11. The molecule has 55 heavy (non-hydrogen) atoms. The number of aromatic hydroxyl groups is 1. The second-order valence-corrected chi connectivity index (χ2v) is 13.7. The molecule has 0 saturated heterocycles. The maximum Gasteiger partial charge on any atom is 0.343 e. The summed E-state index contributed by atoms with van der Waals surface area (Å²) in [5, 5.41) is 19.2. The van der Waals surface area contributed by atoms with E-state index in [-0.39, 0.29) is 5.75 Å². The SMILES string of the molecule is CCCCCCCCCCCCOc1ccc(C(=O)Oc2ccc(N=Nc3ccc(N=Cc4ccc(OCCCC)cc4O)cc3)c(OCCCC)c2)cc1. The molecule has 0 spiro atoms. The number of carbonyl (C=O) groups is 1. The first-order chi connectivity index (χ1) is 27.0. The average Bonchev–Trinajstić information content (AvgIpc) is 3.20. The van der Waals surface area contributed by atoms with E-state index in [0.29, 0.717) is 65.3 Å². The van der Waals surface area contributed by atoms with Crippen molar-refractivity contribution >= 4 is 29.2 Å². The van der Waals surface area contributed by atoms with Crippen LogP contribution in [0.25, 0.3) is 0 Å². The van der Waals surface area contributed by atoms with E-state index in [1.807, 2.05) is 42.5 Å². The fraction of sp³-hybridized carbons (Fsp3) is 0.435. The van der Waals surface area contributed by atoms with Gasteiger partial charge in [0.05, 0.1) is 36.8 Å². The van der Waals surface area contributed by atoms with E-state index >= 15 is 0 Å². The van der Waals surface area contributed by atoms with E-state index in [2.05, 4.69) is 36.0 Å². The maximum atomic E-state index is 13.0. The molecule has 0 aliphatic carbocycles. The summed E-state index contributed by atoms with van der Waals surface area (Å²) in [5.74, 6) is 1.83. The van der Waals surface area contributed by atoms with Crippen LogP contribution < -0.4 is 18.9 Å². The predicted molar refractivity (Wildman–Crippen MR) is 222 cm³/mol. The van der Waals surface area contributed by atoms with Gasteiger partial charge in [-0.1, -0.05) is 91.4 Å². The van der Waals surface area contributed by atoms with E-state index in [9.17, 15) is 9.90 Å². The van der Waals surface area contributed by atoms with Gasteiger partial charge in [-0.2, -0.15) is 5.11 Å². The van der Waals surface area contributed by atoms with Gasteiger partial charge >= 0.3 is 5.97 Å². The number of benzene rings is 4. The lowest BCUT2D eigenvalue weighted by Crippen LogP contribution is -2.08. The van der Waals surface area contributed by atoms with Crippen LogP contribution in [0.1, 0.15) is 127 Å². The number of azo groups is 1. The molecular formula is C46H59N3O6. The van der Waals surface area contributed by atoms with Crippen molar-refractivity contribution in [2.45, 2.75) is 111 Å².